The number of imidazole rings is 1. The molecule has 4 nitrogen and oxygen atoms in total. The number of aryl methyl sites for hydroxylation is 3. The number of rotatable bonds is 6. The van der Waals surface area contributed by atoms with Crippen molar-refractivity contribution in [3.8, 4) is 22.7 Å². The van der Waals surface area contributed by atoms with Crippen molar-refractivity contribution < 1.29 is 4.74 Å². The van der Waals surface area contributed by atoms with Crippen LogP contribution in [0.2, 0.25) is 0 Å². The lowest BCUT2D eigenvalue weighted by Crippen LogP contribution is -2.10. The average molecular weight is 466 g/mol. The molecule has 0 bridgehead atoms. The minimum Gasteiger partial charge on any atom is -0.487 e. The molecule has 0 saturated heterocycles. The van der Waals surface area contributed by atoms with Gasteiger partial charge in [0.2, 0.25) is 0 Å². The van der Waals surface area contributed by atoms with Crippen molar-refractivity contribution in [2.24, 2.45) is 4.99 Å². The Morgan fingerprint density at radius 1 is 1.06 bits per heavy atom. The highest BCUT2D eigenvalue weighted by molar-refractivity contribution is 7.80. The molecule has 4 aromatic rings. The summed E-state index contributed by atoms with van der Waals surface area (Å²) in [6, 6.07) is 20.9. The second kappa shape index (κ2) is 9.35. The molecule has 0 aliphatic carbocycles. The number of hydrogen-bond donors (Lipinski definition) is 0. The van der Waals surface area contributed by atoms with Crippen LogP contribution in [0, 0.1) is 20.8 Å². The van der Waals surface area contributed by atoms with Gasteiger partial charge >= 0.3 is 0 Å². The Bertz CT molecular complexity index is 1380. The van der Waals surface area contributed by atoms with Gasteiger partial charge in [0.15, 0.2) is 0 Å². The Morgan fingerprint density at radius 2 is 1.82 bits per heavy atom. The third kappa shape index (κ3) is 4.44. The quantitative estimate of drug-likeness (QED) is 0.245. The lowest BCUT2D eigenvalue weighted by Gasteiger charge is -2.19. The number of hydrogen-bond acceptors (Lipinski definition) is 4. The molecule has 34 heavy (non-hydrogen) atoms. The topological polar surface area (TPSA) is 39.4 Å². The SMILES string of the molecule is Cc1ccc(-n2cnc3c2COc2cc(C=NCC(=S)Cc4c(C)cccc4C)ccc2-3)cc1. The van der Waals surface area contributed by atoms with Gasteiger partial charge in [-0.3, -0.25) is 9.56 Å². The molecule has 3 aromatic carbocycles. The largest absolute Gasteiger partial charge is 0.487 e. The molecule has 5 rings (SSSR count). The minimum atomic E-state index is 0.483. The summed E-state index contributed by atoms with van der Waals surface area (Å²) in [6.07, 6.45) is 4.53. The molecule has 0 fully saturated rings. The molecule has 0 saturated carbocycles. The Hall–Kier alpha value is -3.57. The second-order valence-corrected chi connectivity index (χ2v) is 9.42. The normalized spacial score (nSPS) is 12.3. The van der Waals surface area contributed by atoms with E-state index in [1.807, 2.05) is 18.6 Å². The zero-order chi connectivity index (χ0) is 23.7. The fraction of sp³-hybridized carbons (Fsp3) is 0.207. The van der Waals surface area contributed by atoms with E-state index in [1.165, 1.54) is 22.3 Å². The van der Waals surface area contributed by atoms with Gasteiger partial charge in [0.25, 0.3) is 0 Å². The number of fused-ring (bicyclic) bond motifs is 3. The van der Waals surface area contributed by atoms with Gasteiger partial charge in [-0.25, -0.2) is 4.98 Å². The van der Waals surface area contributed by atoms with Gasteiger partial charge in [-0.05, 0) is 67.3 Å². The number of aliphatic imine (C=N–C) groups is 1. The predicted octanol–water partition coefficient (Wildman–Crippen LogP) is 6.39. The van der Waals surface area contributed by atoms with Crippen LogP contribution in [0.4, 0.5) is 0 Å². The van der Waals surface area contributed by atoms with Gasteiger partial charge in [-0.1, -0.05) is 54.2 Å². The molecule has 1 aromatic heterocycles. The number of ether oxygens (including phenoxy) is 1. The molecular weight excluding hydrogens is 438 g/mol. The standard InChI is InChI=1S/C29H27N3OS/c1-19-7-10-23(11-8-19)32-18-31-29-25-12-9-22(13-28(25)33-17-27(29)32)15-30-16-24(34)14-26-20(2)5-4-6-21(26)3/h4-13,15,18H,14,16-17H2,1-3H3. The lowest BCUT2D eigenvalue weighted by molar-refractivity contribution is 0.295. The van der Waals surface area contributed by atoms with Crippen LogP contribution in [0.3, 0.4) is 0 Å². The molecule has 0 amide bonds. The Kier molecular flexibility index (Phi) is 6.12. The smallest absolute Gasteiger partial charge is 0.131 e. The zero-order valence-corrected chi connectivity index (χ0v) is 20.5. The highest BCUT2D eigenvalue weighted by Gasteiger charge is 2.23. The highest BCUT2D eigenvalue weighted by Crippen LogP contribution is 2.37. The number of thiocarbonyl (C=S) groups is 1. The molecule has 170 valence electrons. The van der Waals surface area contributed by atoms with Gasteiger partial charge in [0.05, 0.1) is 17.9 Å². The zero-order valence-electron chi connectivity index (χ0n) is 19.7. The minimum absolute atomic E-state index is 0.483. The molecule has 5 heteroatoms. The van der Waals surface area contributed by atoms with Crippen LogP contribution in [0.15, 0.2) is 72.0 Å². The van der Waals surface area contributed by atoms with Crippen molar-refractivity contribution in [3.05, 3.63) is 101 Å². The van der Waals surface area contributed by atoms with E-state index in [0.29, 0.717) is 13.2 Å². The summed E-state index contributed by atoms with van der Waals surface area (Å²) in [7, 11) is 0. The predicted molar refractivity (Wildman–Crippen MR) is 143 cm³/mol. The van der Waals surface area contributed by atoms with Crippen molar-refractivity contribution in [1.29, 1.82) is 0 Å². The van der Waals surface area contributed by atoms with E-state index < -0.39 is 0 Å². The average Bonchev–Trinajstić information content (AvgIpc) is 3.26. The van der Waals surface area contributed by atoms with Crippen molar-refractivity contribution in [2.75, 3.05) is 6.54 Å². The van der Waals surface area contributed by atoms with Crippen LogP contribution in [0.1, 0.15) is 33.5 Å². The van der Waals surface area contributed by atoms with E-state index in [9.17, 15) is 0 Å². The maximum atomic E-state index is 6.12. The Morgan fingerprint density at radius 3 is 2.59 bits per heavy atom. The molecular formula is C29H27N3OS. The van der Waals surface area contributed by atoms with Crippen LogP contribution < -0.4 is 4.74 Å². The van der Waals surface area contributed by atoms with Crippen molar-refractivity contribution in [3.63, 3.8) is 0 Å². The molecule has 0 atom stereocenters. The monoisotopic (exact) mass is 465 g/mol. The molecule has 2 heterocycles. The Balaban J connectivity index is 1.30. The number of nitrogens with zero attached hydrogens (tertiary/aromatic N) is 3. The van der Waals surface area contributed by atoms with Gasteiger partial charge < -0.3 is 4.74 Å². The molecule has 1 aliphatic rings. The van der Waals surface area contributed by atoms with E-state index in [1.54, 1.807) is 0 Å². The van der Waals surface area contributed by atoms with Crippen LogP contribution in [0.5, 0.6) is 5.75 Å². The highest BCUT2D eigenvalue weighted by atomic mass is 32.1. The molecule has 0 radical (unpaired) electrons. The molecule has 0 spiro atoms. The third-order valence-corrected chi connectivity index (χ3v) is 6.60. The first-order chi connectivity index (χ1) is 16.5. The molecule has 1 aliphatic heterocycles. The van der Waals surface area contributed by atoms with Crippen LogP contribution in [-0.4, -0.2) is 27.2 Å². The third-order valence-electron chi connectivity index (χ3n) is 6.33. The van der Waals surface area contributed by atoms with Gasteiger partial charge in [0, 0.05) is 28.8 Å². The van der Waals surface area contributed by atoms with Gasteiger partial charge in [0.1, 0.15) is 18.7 Å². The van der Waals surface area contributed by atoms with Crippen LogP contribution in [-0.2, 0) is 13.0 Å². The van der Waals surface area contributed by atoms with Crippen molar-refractivity contribution in [1.82, 2.24) is 9.55 Å². The van der Waals surface area contributed by atoms with Gasteiger partial charge in [-0.2, -0.15) is 0 Å². The summed E-state index contributed by atoms with van der Waals surface area (Å²) >= 11 is 5.61. The summed E-state index contributed by atoms with van der Waals surface area (Å²) in [4.78, 5) is 10.2. The first-order valence-electron chi connectivity index (χ1n) is 11.5. The van der Waals surface area contributed by atoms with E-state index in [0.717, 1.165) is 45.2 Å². The van der Waals surface area contributed by atoms with Gasteiger partial charge in [-0.15, -0.1) is 0 Å². The Labute approximate surface area is 206 Å². The maximum absolute atomic E-state index is 6.12. The van der Waals surface area contributed by atoms with Crippen molar-refractivity contribution in [2.45, 2.75) is 33.8 Å². The molecule has 0 unspecified atom stereocenters. The number of aromatic nitrogens is 2. The van der Waals surface area contributed by atoms with Crippen LogP contribution >= 0.6 is 12.2 Å². The fourth-order valence-corrected chi connectivity index (χ4v) is 4.60. The summed E-state index contributed by atoms with van der Waals surface area (Å²) in [5.41, 5.74) is 10.2. The first kappa shape index (κ1) is 22.2. The first-order valence-corrected chi connectivity index (χ1v) is 11.9. The van der Waals surface area contributed by atoms with E-state index in [-0.39, 0.29) is 0 Å². The van der Waals surface area contributed by atoms with E-state index >= 15 is 0 Å². The second-order valence-electron chi connectivity index (χ2n) is 8.85. The lowest BCUT2D eigenvalue weighted by atomic mass is 9.99. The van der Waals surface area contributed by atoms with E-state index in [4.69, 9.17) is 21.9 Å². The number of benzene rings is 3. The summed E-state index contributed by atoms with van der Waals surface area (Å²) in [5.74, 6) is 0.837. The van der Waals surface area contributed by atoms with Crippen LogP contribution in [0.25, 0.3) is 16.9 Å². The maximum Gasteiger partial charge on any atom is 0.131 e. The van der Waals surface area contributed by atoms with E-state index in [2.05, 4.69) is 84.9 Å². The van der Waals surface area contributed by atoms with Crippen molar-refractivity contribution >= 4 is 23.3 Å². The summed E-state index contributed by atoms with van der Waals surface area (Å²) < 4.78 is 8.22. The molecule has 0 N–H and O–H groups in total. The fourth-order valence-electron chi connectivity index (χ4n) is 4.38. The summed E-state index contributed by atoms with van der Waals surface area (Å²) in [6.45, 7) is 7.38. The summed E-state index contributed by atoms with van der Waals surface area (Å²) in [5, 5.41) is 0.